The van der Waals surface area contributed by atoms with Crippen LogP contribution in [0.5, 0.6) is 0 Å². The van der Waals surface area contributed by atoms with Gasteiger partial charge in [-0.3, -0.25) is 5.73 Å². The second-order valence-corrected chi connectivity index (χ2v) is 7.85. The molecule has 1 atom stereocenters. The molecule has 5 nitrogen and oxygen atoms in total. The van der Waals surface area contributed by atoms with Gasteiger partial charge in [0.15, 0.2) is 0 Å². The van der Waals surface area contributed by atoms with E-state index in [2.05, 4.69) is 0 Å². The molecule has 0 saturated carbocycles. The molecule has 0 saturated heterocycles. The number of rotatable bonds is 1. The Bertz CT molecular complexity index is 835. The lowest BCUT2D eigenvalue weighted by molar-refractivity contribution is 0.0458. The number of nitrogens with two attached hydrogens (primary N) is 2. The Morgan fingerprint density at radius 3 is 2.12 bits per heavy atom. The summed E-state index contributed by atoms with van der Waals surface area (Å²) < 4.78 is 22.3. The highest BCUT2D eigenvalue weighted by molar-refractivity contribution is 7.89. The van der Waals surface area contributed by atoms with Crippen LogP contribution in [0.1, 0.15) is 34.2 Å². The van der Waals surface area contributed by atoms with Crippen LogP contribution in [0.25, 0.3) is 0 Å². The van der Waals surface area contributed by atoms with Gasteiger partial charge in [0.1, 0.15) is 5.72 Å². The maximum atomic E-state index is 11.2. The molecule has 0 bridgehead atoms. The van der Waals surface area contributed by atoms with Crippen molar-refractivity contribution < 1.29 is 13.5 Å². The van der Waals surface area contributed by atoms with Crippen LogP contribution >= 0.6 is 0 Å². The molecule has 0 radical (unpaired) electrons. The van der Waals surface area contributed by atoms with Gasteiger partial charge in [-0.2, -0.15) is 0 Å². The zero-order chi connectivity index (χ0) is 18.1. The molecule has 24 heavy (non-hydrogen) atoms. The van der Waals surface area contributed by atoms with E-state index < -0.39 is 15.7 Å². The minimum absolute atomic E-state index is 0.248. The zero-order valence-electron chi connectivity index (χ0n) is 14.2. The monoisotopic (exact) mass is 348 g/mol. The number of aryl methyl sites for hydroxylation is 4. The Morgan fingerprint density at radius 1 is 1.08 bits per heavy atom. The molecule has 0 aliphatic heterocycles. The van der Waals surface area contributed by atoms with E-state index in [9.17, 15) is 13.5 Å². The highest BCUT2D eigenvalue weighted by Crippen LogP contribution is 2.31. The second-order valence-electron chi connectivity index (χ2n) is 6.35. The van der Waals surface area contributed by atoms with Gasteiger partial charge >= 0.3 is 0 Å². The molecule has 1 aliphatic rings. The summed E-state index contributed by atoms with van der Waals surface area (Å²) >= 11 is 0. The summed E-state index contributed by atoms with van der Waals surface area (Å²) in [5.41, 5.74) is 9.10. The molecule has 5 N–H and O–H groups in total. The van der Waals surface area contributed by atoms with Crippen molar-refractivity contribution in [2.75, 3.05) is 0 Å². The van der Waals surface area contributed by atoms with Crippen LogP contribution in [-0.4, -0.2) is 13.5 Å². The SMILES string of the molecule is Cc1cc(C)c(S(N)(=O)=O)c(C)c1.NC1(O)CCc2ccccc21. The van der Waals surface area contributed by atoms with Crippen LogP contribution in [0, 0.1) is 20.8 Å². The molecule has 0 spiro atoms. The first-order valence-electron chi connectivity index (χ1n) is 7.72. The topological polar surface area (TPSA) is 106 Å². The van der Waals surface area contributed by atoms with Gasteiger partial charge in [-0.05, 0) is 50.3 Å². The number of primary sulfonamides is 1. The second kappa shape index (κ2) is 6.64. The van der Waals surface area contributed by atoms with Gasteiger partial charge in [0.05, 0.1) is 4.90 Å². The lowest BCUT2D eigenvalue weighted by Crippen LogP contribution is -2.33. The predicted octanol–water partition coefficient (Wildman–Crippen LogP) is 2.00. The molecule has 0 heterocycles. The van der Waals surface area contributed by atoms with E-state index in [-0.39, 0.29) is 4.90 Å². The van der Waals surface area contributed by atoms with Crippen LogP contribution in [0.15, 0.2) is 41.3 Å². The summed E-state index contributed by atoms with van der Waals surface area (Å²) in [5.74, 6) is 0. The summed E-state index contributed by atoms with van der Waals surface area (Å²) in [4.78, 5) is 0.248. The molecule has 3 rings (SSSR count). The Labute approximate surface area is 143 Å². The van der Waals surface area contributed by atoms with Crippen LogP contribution in [0.2, 0.25) is 0 Å². The predicted molar refractivity (Wildman–Crippen MR) is 94.9 cm³/mol. The summed E-state index contributed by atoms with van der Waals surface area (Å²) in [6.07, 6.45) is 1.54. The molecular weight excluding hydrogens is 324 g/mol. The fourth-order valence-corrected chi connectivity index (χ4v) is 4.25. The average molecular weight is 348 g/mol. The molecule has 2 aromatic carbocycles. The van der Waals surface area contributed by atoms with Gasteiger partial charge in [-0.25, -0.2) is 13.6 Å². The van der Waals surface area contributed by atoms with Gasteiger partial charge in [-0.1, -0.05) is 42.0 Å². The minimum atomic E-state index is -3.58. The van der Waals surface area contributed by atoms with Crippen molar-refractivity contribution in [2.45, 2.75) is 44.2 Å². The fourth-order valence-electron chi connectivity index (χ4n) is 3.24. The maximum absolute atomic E-state index is 11.2. The summed E-state index contributed by atoms with van der Waals surface area (Å²) in [5, 5.41) is 14.7. The van der Waals surface area contributed by atoms with Gasteiger partial charge in [-0.15, -0.1) is 0 Å². The van der Waals surface area contributed by atoms with Gasteiger partial charge in [0.25, 0.3) is 0 Å². The van der Waals surface area contributed by atoms with Crippen molar-refractivity contribution in [3.63, 3.8) is 0 Å². The third-order valence-electron chi connectivity index (χ3n) is 4.15. The normalized spacial score (nSPS) is 19.4. The third kappa shape index (κ3) is 4.02. The minimum Gasteiger partial charge on any atom is -0.372 e. The first-order valence-corrected chi connectivity index (χ1v) is 9.27. The van der Waals surface area contributed by atoms with Gasteiger partial charge in [0, 0.05) is 5.56 Å². The first-order chi connectivity index (χ1) is 11.0. The van der Waals surface area contributed by atoms with Crippen LogP contribution in [0.4, 0.5) is 0 Å². The third-order valence-corrected chi connectivity index (χ3v) is 5.36. The van der Waals surface area contributed by atoms with E-state index in [0.29, 0.717) is 17.5 Å². The van der Waals surface area contributed by atoms with E-state index in [1.165, 1.54) is 5.56 Å². The molecule has 0 aromatic heterocycles. The van der Waals surface area contributed by atoms with Crippen LogP contribution < -0.4 is 10.9 Å². The van der Waals surface area contributed by atoms with E-state index in [4.69, 9.17) is 10.9 Å². The zero-order valence-corrected chi connectivity index (χ0v) is 15.0. The molecule has 0 fully saturated rings. The standard InChI is InChI=1S/C9H13NO2S.C9H11NO/c1-6-4-7(2)9(8(3)5-6)13(10,11)12;10-9(11)6-5-7-3-1-2-4-8(7)9/h4-5H,1-3H3,(H2,10,11,12);1-4,11H,5-6,10H2. The Kier molecular flexibility index (Phi) is 5.15. The van der Waals surface area contributed by atoms with Crippen molar-refractivity contribution in [3.8, 4) is 0 Å². The molecule has 130 valence electrons. The highest BCUT2D eigenvalue weighted by Gasteiger charge is 2.31. The van der Waals surface area contributed by atoms with Crippen molar-refractivity contribution in [1.29, 1.82) is 0 Å². The smallest absolute Gasteiger partial charge is 0.238 e. The first kappa shape index (κ1) is 18.6. The van der Waals surface area contributed by atoms with Crippen LogP contribution in [0.3, 0.4) is 0 Å². The molecule has 1 unspecified atom stereocenters. The summed E-state index contributed by atoms with van der Waals surface area (Å²) in [6.45, 7) is 5.42. The summed E-state index contributed by atoms with van der Waals surface area (Å²) in [7, 11) is -3.58. The summed E-state index contributed by atoms with van der Waals surface area (Å²) in [6, 6.07) is 11.4. The number of hydrogen-bond donors (Lipinski definition) is 3. The number of sulfonamides is 1. The van der Waals surface area contributed by atoms with E-state index in [0.717, 1.165) is 17.5 Å². The van der Waals surface area contributed by atoms with Crippen molar-refractivity contribution in [2.24, 2.45) is 10.9 Å². The molecule has 2 aromatic rings. The van der Waals surface area contributed by atoms with Crippen molar-refractivity contribution >= 4 is 10.0 Å². The largest absolute Gasteiger partial charge is 0.372 e. The average Bonchev–Trinajstić information content (AvgIpc) is 2.73. The number of benzene rings is 2. The highest BCUT2D eigenvalue weighted by atomic mass is 32.2. The van der Waals surface area contributed by atoms with Gasteiger partial charge in [0.2, 0.25) is 10.0 Å². The van der Waals surface area contributed by atoms with E-state index in [1.807, 2.05) is 43.3 Å². The molecule has 0 amide bonds. The molecule has 1 aliphatic carbocycles. The molecular formula is C18H24N2O3S. The molecule has 6 heteroatoms. The quantitative estimate of drug-likeness (QED) is 0.685. The fraction of sp³-hybridized carbons (Fsp3) is 0.333. The maximum Gasteiger partial charge on any atom is 0.238 e. The Balaban J connectivity index is 0.000000175. The van der Waals surface area contributed by atoms with E-state index >= 15 is 0 Å². The van der Waals surface area contributed by atoms with Crippen molar-refractivity contribution in [3.05, 3.63) is 64.2 Å². The van der Waals surface area contributed by atoms with E-state index in [1.54, 1.807) is 13.8 Å². The lowest BCUT2D eigenvalue weighted by Gasteiger charge is -2.16. The number of fused-ring (bicyclic) bond motifs is 1. The number of hydrogen-bond acceptors (Lipinski definition) is 4. The Hall–Kier alpha value is -1.73. The number of aliphatic hydroxyl groups is 1. The van der Waals surface area contributed by atoms with Gasteiger partial charge < -0.3 is 5.11 Å². The van der Waals surface area contributed by atoms with Crippen molar-refractivity contribution in [1.82, 2.24) is 0 Å². The Morgan fingerprint density at radius 2 is 1.62 bits per heavy atom. The lowest BCUT2D eigenvalue weighted by atomic mass is 10.1. The van der Waals surface area contributed by atoms with Crippen LogP contribution in [-0.2, 0) is 22.2 Å².